The monoisotopic (exact) mass is 887 g/mol. The maximum atomic E-state index is 8.66. The van der Waals surface area contributed by atoms with E-state index in [1.807, 2.05) is 0 Å². The first kappa shape index (κ1) is 60.1. The summed E-state index contributed by atoms with van der Waals surface area (Å²) in [5.41, 5.74) is 0. The molecule has 0 aromatic carbocycles. The SMILES string of the molecule is CCCCCCCC/C=C\CCCCCCCCOC(COCCOCCOCCOCCOCCOCCO)OCOCCOCCOCCOCCOCCOCCO. The third kappa shape index (κ3) is 55.2. The van der Waals surface area contributed by atoms with Crippen molar-refractivity contribution in [2.45, 2.75) is 103 Å². The zero-order valence-electron chi connectivity index (χ0n) is 38.3. The van der Waals surface area contributed by atoms with E-state index >= 15 is 0 Å². The number of rotatable bonds is 56. The minimum Gasteiger partial charge on any atom is -0.394 e. The molecule has 0 aromatic heterocycles. The molecule has 16 nitrogen and oxygen atoms in total. The molecule has 0 saturated heterocycles. The van der Waals surface area contributed by atoms with Crippen LogP contribution in [0.2, 0.25) is 0 Å². The van der Waals surface area contributed by atoms with E-state index in [4.69, 9.17) is 76.5 Å². The third-order valence-electron chi connectivity index (χ3n) is 8.74. The van der Waals surface area contributed by atoms with Crippen molar-refractivity contribution < 1.29 is 76.5 Å². The molecule has 16 heteroatoms. The highest BCUT2D eigenvalue weighted by Gasteiger charge is 2.10. The van der Waals surface area contributed by atoms with Gasteiger partial charge in [0.2, 0.25) is 0 Å². The average Bonchev–Trinajstić information content (AvgIpc) is 3.27. The molecule has 0 aliphatic rings. The Bertz CT molecular complexity index is 800. The topological polar surface area (TPSA) is 170 Å². The normalized spacial score (nSPS) is 12.4. The summed E-state index contributed by atoms with van der Waals surface area (Å²) < 4.78 is 77.5. The molecular weight excluding hydrogens is 796 g/mol. The van der Waals surface area contributed by atoms with E-state index in [0.717, 1.165) is 12.8 Å². The van der Waals surface area contributed by atoms with Gasteiger partial charge in [-0.05, 0) is 32.1 Å². The highest BCUT2D eigenvalue weighted by molar-refractivity contribution is 4.81. The van der Waals surface area contributed by atoms with Crippen molar-refractivity contribution in [1.82, 2.24) is 0 Å². The summed E-state index contributed by atoms with van der Waals surface area (Å²) in [7, 11) is 0. The summed E-state index contributed by atoms with van der Waals surface area (Å²) in [4.78, 5) is 0. The second-order valence-electron chi connectivity index (χ2n) is 14.1. The van der Waals surface area contributed by atoms with Crippen LogP contribution in [0.3, 0.4) is 0 Å². The lowest BCUT2D eigenvalue weighted by atomic mass is 10.1. The van der Waals surface area contributed by atoms with Gasteiger partial charge in [0, 0.05) is 6.61 Å². The summed E-state index contributed by atoms with van der Waals surface area (Å²) in [6, 6.07) is 0. The Kier molecular flexibility index (Phi) is 56.3. The van der Waals surface area contributed by atoms with Crippen LogP contribution in [-0.2, 0) is 66.3 Å². The molecule has 0 bridgehead atoms. The number of unbranched alkanes of at least 4 members (excludes halogenated alkanes) is 12. The van der Waals surface area contributed by atoms with E-state index in [9.17, 15) is 0 Å². The van der Waals surface area contributed by atoms with E-state index < -0.39 is 6.29 Å². The number of hydrogen-bond donors (Lipinski definition) is 2. The highest BCUT2D eigenvalue weighted by Crippen LogP contribution is 2.10. The Balaban J connectivity index is 3.99. The van der Waals surface area contributed by atoms with Crippen molar-refractivity contribution in [1.29, 1.82) is 0 Å². The van der Waals surface area contributed by atoms with Gasteiger partial charge in [-0.25, -0.2) is 0 Å². The molecule has 1 unspecified atom stereocenters. The Morgan fingerprint density at radius 3 is 1.00 bits per heavy atom. The van der Waals surface area contributed by atoms with E-state index in [-0.39, 0.29) is 26.6 Å². The van der Waals surface area contributed by atoms with Crippen molar-refractivity contribution in [2.75, 3.05) is 179 Å². The summed E-state index contributed by atoms with van der Waals surface area (Å²) >= 11 is 0. The molecule has 61 heavy (non-hydrogen) atoms. The van der Waals surface area contributed by atoms with Gasteiger partial charge in [-0.3, -0.25) is 0 Å². The minimum atomic E-state index is -0.537. The maximum absolute atomic E-state index is 8.66. The molecule has 0 aromatic rings. The molecule has 0 spiro atoms. The molecule has 0 amide bonds. The predicted molar refractivity (Wildman–Crippen MR) is 234 cm³/mol. The number of ether oxygens (including phenoxy) is 14. The van der Waals surface area contributed by atoms with E-state index in [1.165, 1.54) is 77.0 Å². The summed E-state index contributed by atoms with van der Waals surface area (Å²) in [6.07, 6.45) is 21.9. The van der Waals surface area contributed by atoms with Crippen LogP contribution in [0.4, 0.5) is 0 Å². The zero-order chi connectivity index (χ0) is 43.9. The minimum absolute atomic E-state index is 0.0167. The van der Waals surface area contributed by atoms with Gasteiger partial charge in [0.25, 0.3) is 0 Å². The van der Waals surface area contributed by atoms with E-state index in [2.05, 4.69) is 19.1 Å². The number of aliphatic hydroxyl groups excluding tert-OH is 2. The summed E-state index contributed by atoms with van der Waals surface area (Å²) in [5, 5.41) is 17.3. The molecule has 0 rings (SSSR count). The molecule has 2 N–H and O–H groups in total. The first-order valence-corrected chi connectivity index (χ1v) is 23.4. The smallest absolute Gasteiger partial charge is 0.183 e. The van der Waals surface area contributed by atoms with Gasteiger partial charge in [-0.15, -0.1) is 0 Å². The lowest BCUT2D eigenvalue weighted by Gasteiger charge is -2.19. The van der Waals surface area contributed by atoms with Crippen LogP contribution >= 0.6 is 0 Å². The van der Waals surface area contributed by atoms with Crippen molar-refractivity contribution >= 4 is 0 Å². The molecule has 0 aliphatic heterocycles. The molecule has 0 fully saturated rings. The van der Waals surface area contributed by atoms with Crippen LogP contribution in [0.15, 0.2) is 12.2 Å². The van der Waals surface area contributed by atoms with Gasteiger partial charge >= 0.3 is 0 Å². The van der Waals surface area contributed by atoms with Crippen LogP contribution in [0.5, 0.6) is 0 Å². The van der Waals surface area contributed by atoms with Crippen LogP contribution in [0, 0.1) is 0 Å². The zero-order valence-corrected chi connectivity index (χ0v) is 38.3. The van der Waals surface area contributed by atoms with Crippen LogP contribution in [0.1, 0.15) is 96.8 Å². The summed E-state index contributed by atoms with van der Waals surface area (Å²) in [5.74, 6) is 0. The Hall–Kier alpha value is -0.900. The van der Waals surface area contributed by atoms with Gasteiger partial charge in [-0.1, -0.05) is 76.9 Å². The fourth-order valence-electron chi connectivity index (χ4n) is 5.40. The lowest BCUT2D eigenvalue weighted by molar-refractivity contribution is -0.218. The van der Waals surface area contributed by atoms with E-state index in [0.29, 0.717) is 152 Å². The Labute approximate surface area is 369 Å². The quantitative estimate of drug-likeness (QED) is 0.0444. The Morgan fingerprint density at radius 1 is 0.311 bits per heavy atom. The van der Waals surface area contributed by atoms with Crippen LogP contribution in [-0.4, -0.2) is 195 Å². The van der Waals surface area contributed by atoms with Gasteiger partial charge in [-0.2, -0.15) is 0 Å². The standard InChI is InChI=1S/C45H90O16/c1-2-3-4-5-6-7-8-9-10-11-12-13-14-15-16-17-20-60-45(43-58-41-39-56-37-35-54-33-31-52-29-27-50-25-23-48-21-18-46)61-44-59-42-40-57-38-36-55-34-32-53-30-28-51-26-24-49-22-19-47/h9-10,45-47H,2-8,11-44H2,1H3/b10-9-. The van der Waals surface area contributed by atoms with Crippen LogP contribution < -0.4 is 0 Å². The molecule has 0 heterocycles. The van der Waals surface area contributed by atoms with Gasteiger partial charge < -0.3 is 76.5 Å². The maximum Gasteiger partial charge on any atom is 0.183 e. The lowest BCUT2D eigenvalue weighted by Crippen LogP contribution is -2.26. The van der Waals surface area contributed by atoms with Crippen molar-refractivity contribution in [3.8, 4) is 0 Å². The van der Waals surface area contributed by atoms with Crippen molar-refractivity contribution in [3.05, 3.63) is 12.2 Å². The first-order valence-electron chi connectivity index (χ1n) is 23.4. The van der Waals surface area contributed by atoms with Gasteiger partial charge in [0.05, 0.1) is 165 Å². The second kappa shape index (κ2) is 57.1. The molecular formula is C45H90O16. The molecule has 0 radical (unpaired) electrons. The second-order valence-corrected chi connectivity index (χ2v) is 14.1. The van der Waals surface area contributed by atoms with Gasteiger partial charge in [0.15, 0.2) is 6.29 Å². The molecule has 1 atom stereocenters. The third-order valence-corrected chi connectivity index (χ3v) is 8.74. The van der Waals surface area contributed by atoms with Crippen molar-refractivity contribution in [3.63, 3.8) is 0 Å². The fraction of sp³-hybridized carbons (Fsp3) is 0.956. The van der Waals surface area contributed by atoms with Gasteiger partial charge in [0.1, 0.15) is 6.79 Å². The van der Waals surface area contributed by atoms with Crippen molar-refractivity contribution in [2.24, 2.45) is 0 Å². The molecule has 0 saturated carbocycles. The number of hydrogen-bond acceptors (Lipinski definition) is 16. The predicted octanol–water partition coefficient (Wildman–Crippen LogP) is 5.52. The average molecular weight is 887 g/mol. The van der Waals surface area contributed by atoms with Crippen LogP contribution in [0.25, 0.3) is 0 Å². The highest BCUT2D eigenvalue weighted by atomic mass is 16.8. The molecule has 0 aliphatic carbocycles. The largest absolute Gasteiger partial charge is 0.394 e. The summed E-state index contributed by atoms with van der Waals surface area (Å²) in [6.45, 7) is 13.2. The number of allylic oxidation sites excluding steroid dienone is 2. The number of aliphatic hydroxyl groups is 2. The Morgan fingerprint density at radius 2 is 0.623 bits per heavy atom. The molecule has 366 valence electrons. The first-order chi connectivity index (χ1) is 30.3. The van der Waals surface area contributed by atoms with E-state index in [1.54, 1.807) is 0 Å². The fourth-order valence-corrected chi connectivity index (χ4v) is 5.40.